The summed E-state index contributed by atoms with van der Waals surface area (Å²) in [6.07, 6.45) is 1.48. The lowest BCUT2D eigenvalue weighted by Gasteiger charge is -2.22. The maximum Gasteiger partial charge on any atom is 0.338 e. The smallest absolute Gasteiger partial charge is 0.338 e. The third kappa shape index (κ3) is 3.69. The normalized spacial score (nSPS) is 15.7. The fourth-order valence-corrected chi connectivity index (χ4v) is 3.19. The van der Waals surface area contributed by atoms with Crippen molar-refractivity contribution >= 4 is 29.9 Å². The average molecular weight is 395 g/mol. The first-order valence-corrected chi connectivity index (χ1v) is 9.06. The van der Waals surface area contributed by atoms with E-state index in [-0.39, 0.29) is 11.5 Å². The van der Waals surface area contributed by atoms with Gasteiger partial charge in [-0.15, -0.1) is 0 Å². The van der Waals surface area contributed by atoms with Crippen molar-refractivity contribution in [3.05, 3.63) is 58.4 Å². The zero-order valence-corrected chi connectivity index (χ0v) is 16.6. The van der Waals surface area contributed by atoms with Gasteiger partial charge in [0.05, 0.1) is 12.2 Å². The lowest BCUT2D eigenvalue weighted by Crippen LogP contribution is -2.52. The summed E-state index contributed by atoms with van der Waals surface area (Å²) in [6, 6.07) is 8.07. The van der Waals surface area contributed by atoms with Crippen LogP contribution in [-0.2, 0) is 14.3 Å². The van der Waals surface area contributed by atoms with Gasteiger partial charge in [-0.05, 0) is 62.7 Å². The number of nitrogens with zero attached hydrogens (tertiary/aromatic N) is 2. The Morgan fingerprint density at radius 2 is 1.79 bits per heavy atom. The Balaban J connectivity index is 1.97. The summed E-state index contributed by atoms with van der Waals surface area (Å²) in [5, 5.41) is 2.14. The zero-order valence-electron chi connectivity index (χ0n) is 16.6. The van der Waals surface area contributed by atoms with Gasteiger partial charge in [0.15, 0.2) is 0 Å². The number of urea groups is 1. The first-order valence-electron chi connectivity index (χ1n) is 9.06. The van der Waals surface area contributed by atoms with Crippen LogP contribution in [0.2, 0.25) is 0 Å². The van der Waals surface area contributed by atoms with E-state index in [9.17, 15) is 19.2 Å². The molecular weight excluding hydrogens is 374 g/mol. The molecule has 1 fully saturated rings. The van der Waals surface area contributed by atoms with Gasteiger partial charge in [0.1, 0.15) is 5.57 Å². The summed E-state index contributed by atoms with van der Waals surface area (Å²) >= 11 is 0. The van der Waals surface area contributed by atoms with Crippen LogP contribution in [0.4, 0.5) is 4.79 Å². The molecule has 2 heterocycles. The number of carbonyl (C=O) groups excluding carboxylic acids is 4. The number of hydrogen-bond acceptors (Lipinski definition) is 5. The number of aromatic nitrogens is 1. The molecular formula is C21H21N3O5. The molecule has 0 saturated carbocycles. The second-order valence-electron chi connectivity index (χ2n) is 6.61. The standard InChI is InChI=1S/C21H21N3O5/c1-5-29-20(27)14-6-8-16(9-7-14)24-12(2)10-15(13(24)3)11-17-18(25)22-21(28)23(4)19(17)26/h6-11H,5H2,1-4H3,(H,22,25,28)/b17-11-. The van der Waals surface area contributed by atoms with E-state index in [1.54, 1.807) is 31.2 Å². The number of carbonyl (C=O) groups is 4. The van der Waals surface area contributed by atoms with Gasteiger partial charge in [-0.1, -0.05) is 0 Å². The van der Waals surface area contributed by atoms with Gasteiger partial charge in [-0.2, -0.15) is 0 Å². The van der Waals surface area contributed by atoms with Crippen LogP contribution >= 0.6 is 0 Å². The van der Waals surface area contributed by atoms with Gasteiger partial charge in [0.2, 0.25) is 0 Å². The summed E-state index contributed by atoms with van der Waals surface area (Å²) in [4.78, 5) is 48.6. The molecule has 1 aromatic heterocycles. The minimum absolute atomic E-state index is 0.106. The molecule has 29 heavy (non-hydrogen) atoms. The third-order valence-electron chi connectivity index (χ3n) is 4.71. The molecule has 3 rings (SSSR count). The lowest BCUT2D eigenvalue weighted by molar-refractivity contribution is -0.129. The summed E-state index contributed by atoms with van der Waals surface area (Å²) in [5.41, 5.74) is 3.54. The Hall–Kier alpha value is -3.68. The Bertz CT molecular complexity index is 1050. The SMILES string of the molecule is CCOC(=O)c1ccc(-n2c(C)cc(/C=C3/C(=O)NC(=O)N(C)C3=O)c2C)cc1. The zero-order chi connectivity index (χ0) is 21.3. The van der Waals surface area contributed by atoms with Crippen molar-refractivity contribution < 1.29 is 23.9 Å². The van der Waals surface area contributed by atoms with Crippen molar-refractivity contribution in [1.29, 1.82) is 0 Å². The second-order valence-corrected chi connectivity index (χ2v) is 6.61. The molecule has 1 saturated heterocycles. The van der Waals surface area contributed by atoms with E-state index in [2.05, 4.69) is 5.32 Å². The molecule has 0 spiro atoms. The van der Waals surface area contributed by atoms with Crippen LogP contribution in [0.15, 0.2) is 35.9 Å². The van der Waals surface area contributed by atoms with Crippen LogP contribution in [0.3, 0.4) is 0 Å². The number of barbiturate groups is 1. The van der Waals surface area contributed by atoms with Gasteiger partial charge >= 0.3 is 12.0 Å². The Morgan fingerprint density at radius 1 is 1.14 bits per heavy atom. The minimum atomic E-state index is -0.746. The van der Waals surface area contributed by atoms with Crippen molar-refractivity contribution in [2.24, 2.45) is 0 Å². The van der Waals surface area contributed by atoms with Crippen LogP contribution in [0.25, 0.3) is 11.8 Å². The largest absolute Gasteiger partial charge is 0.462 e. The number of rotatable bonds is 4. The monoisotopic (exact) mass is 395 g/mol. The molecule has 1 N–H and O–H groups in total. The number of hydrogen-bond donors (Lipinski definition) is 1. The van der Waals surface area contributed by atoms with E-state index >= 15 is 0 Å². The number of imide groups is 2. The van der Waals surface area contributed by atoms with E-state index in [0.717, 1.165) is 22.0 Å². The summed E-state index contributed by atoms with van der Waals surface area (Å²) in [5.74, 6) is -1.75. The summed E-state index contributed by atoms with van der Waals surface area (Å²) < 4.78 is 6.94. The molecule has 0 atom stereocenters. The molecule has 2 aromatic rings. The lowest BCUT2D eigenvalue weighted by atomic mass is 10.1. The van der Waals surface area contributed by atoms with E-state index < -0.39 is 17.8 Å². The van der Waals surface area contributed by atoms with Gasteiger partial charge in [-0.25, -0.2) is 9.59 Å². The Morgan fingerprint density at radius 3 is 2.41 bits per heavy atom. The summed E-state index contributed by atoms with van der Waals surface area (Å²) in [7, 11) is 1.31. The number of aryl methyl sites for hydroxylation is 1. The molecule has 8 nitrogen and oxygen atoms in total. The van der Waals surface area contributed by atoms with E-state index in [4.69, 9.17) is 4.74 Å². The molecule has 0 unspecified atom stereocenters. The number of esters is 1. The molecule has 1 aliphatic heterocycles. The fourth-order valence-electron chi connectivity index (χ4n) is 3.19. The molecule has 1 aliphatic rings. The maximum atomic E-state index is 12.3. The molecule has 0 bridgehead atoms. The van der Waals surface area contributed by atoms with E-state index in [1.165, 1.54) is 13.1 Å². The molecule has 0 radical (unpaired) electrons. The maximum absolute atomic E-state index is 12.3. The van der Waals surface area contributed by atoms with Crippen LogP contribution < -0.4 is 5.32 Å². The summed E-state index contributed by atoms with van der Waals surface area (Å²) in [6.45, 7) is 5.81. The number of nitrogens with one attached hydrogen (secondary N) is 1. The topological polar surface area (TPSA) is 97.7 Å². The van der Waals surface area contributed by atoms with Crippen molar-refractivity contribution in [3.8, 4) is 5.69 Å². The van der Waals surface area contributed by atoms with Crippen molar-refractivity contribution in [1.82, 2.24) is 14.8 Å². The molecule has 1 aromatic carbocycles. The van der Waals surface area contributed by atoms with Gasteiger partial charge in [0.25, 0.3) is 11.8 Å². The third-order valence-corrected chi connectivity index (χ3v) is 4.71. The Kier molecular flexibility index (Phi) is 5.36. The quantitative estimate of drug-likeness (QED) is 0.487. The van der Waals surface area contributed by atoms with Crippen LogP contribution in [-0.4, -0.2) is 46.9 Å². The number of ether oxygens (including phenoxy) is 1. The highest BCUT2D eigenvalue weighted by molar-refractivity contribution is 6.30. The average Bonchev–Trinajstić information content (AvgIpc) is 2.97. The van der Waals surface area contributed by atoms with Gasteiger partial charge < -0.3 is 9.30 Å². The molecule has 0 aliphatic carbocycles. The van der Waals surface area contributed by atoms with Crippen molar-refractivity contribution in [2.45, 2.75) is 20.8 Å². The van der Waals surface area contributed by atoms with Crippen LogP contribution in [0.5, 0.6) is 0 Å². The van der Waals surface area contributed by atoms with E-state index in [1.807, 2.05) is 24.5 Å². The first kappa shape index (κ1) is 20.1. The highest BCUT2D eigenvalue weighted by atomic mass is 16.5. The van der Waals surface area contributed by atoms with Crippen LogP contribution in [0.1, 0.15) is 34.2 Å². The first-order chi connectivity index (χ1) is 13.7. The molecule has 150 valence electrons. The van der Waals surface area contributed by atoms with Gasteiger partial charge in [-0.3, -0.25) is 19.8 Å². The molecule has 4 amide bonds. The number of amides is 4. The predicted octanol–water partition coefficient (Wildman–Crippen LogP) is 2.36. The predicted molar refractivity (Wildman–Crippen MR) is 105 cm³/mol. The molecule has 8 heteroatoms. The van der Waals surface area contributed by atoms with Gasteiger partial charge in [0, 0.05) is 24.1 Å². The number of benzene rings is 1. The minimum Gasteiger partial charge on any atom is -0.462 e. The highest BCUT2D eigenvalue weighted by Crippen LogP contribution is 2.24. The Labute approximate surface area is 167 Å². The van der Waals surface area contributed by atoms with Crippen molar-refractivity contribution in [2.75, 3.05) is 13.7 Å². The van der Waals surface area contributed by atoms with Crippen LogP contribution in [0, 0.1) is 13.8 Å². The number of likely N-dealkylation sites (N-methyl/N-ethyl adjacent to an activating group) is 1. The fraction of sp³-hybridized carbons (Fsp3) is 0.238. The van der Waals surface area contributed by atoms with Crippen molar-refractivity contribution in [3.63, 3.8) is 0 Å². The second kappa shape index (κ2) is 7.75. The van der Waals surface area contributed by atoms with E-state index in [0.29, 0.717) is 17.7 Å². The highest BCUT2D eigenvalue weighted by Gasteiger charge is 2.33.